The van der Waals surface area contributed by atoms with E-state index in [9.17, 15) is 19.7 Å². The number of halogens is 1. The lowest BCUT2D eigenvalue weighted by atomic mass is 10.2. The average molecular weight is 422 g/mol. The predicted molar refractivity (Wildman–Crippen MR) is 110 cm³/mol. The molecule has 0 heterocycles. The van der Waals surface area contributed by atoms with Crippen molar-refractivity contribution in [2.24, 2.45) is 0 Å². The highest BCUT2D eigenvalue weighted by atomic mass is 35.5. The molecular weight excluding hydrogens is 400 g/mol. The van der Waals surface area contributed by atoms with Crippen LogP contribution in [0.3, 0.4) is 0 Å². The van der Waals surface area contributed by atoms with E-state index in [4.69, 9.17) is 16.3 Å². The van der Waals surface area contributed by atoms with Crippen LogP contribution in [0.5, 0.6) is 5.75 Å². The van der Waals surface area contributed by atoms with Crippen molar-refractivity contribution in [1.29, 1.82) is 0 Å². The summed E-state index contributed by atoms with van der Waals surface area (Å²) in [6.45, 7) is 1.68. The van der Waals surface area contributed by atoms with E-state index in [2.05, 4.69) is 10.6 Å². The number of nitrogens with zero attached hydrogens (tertiary/aromatic N) is 1. The standard InChI is InChI=1S/C19H21ClN4O5/c1-12(19(26)22-17-10-14(24(27)28)7-8-16(17)20)23(2)11-18(25)21-13-5-4-6-15(9-13)29-3/h4-10,12H,11H2,1-3H3,(H,21,25)(H,22,26)/p+1/t12-/m1/s1. The number of nitro benzene ring substituents is 1. The molecule has 1 unspecified atom stereocenters. The molecule has 2 atom stereocenters. The molecule has 0 radical (unpaired) electrons. The summed E-state index contributed by atoms with van der Waals surface area (Å²) in [5.41, 5.74) is 0.546. The van der Waals surface area contributed by atoms with Gasteiger partial charge in [0.25, 0.3) is 17.5 Å². The number of hydrogen-bond acceptors (Lipinski definition) is 5. The Kier molecular flexibility index (Phi) is 7.52. The number of carbonyl (C=O) groups excluding carboxylic acids is 2. The number of nitro groups is 1. The van der Waals surface area contributed by atoms with Gasteiger partial charge in [-0.3, -0.25) is 19.7 Å². The van der Waals surface area contributed by atoms with Gasteiger partial charge in [-0.05, 0) is 25.1 Å². The highest BCUT2D eigenvalue weighted by Crippen LogP contribution is 2.26. The monoisotopic (exact) mass is 421 g/mol. The summed E-state index contributed by atoms with van der Waals surface area (Å²) in [7, 11) is 3.23. The van der Waals surface area contributed by atoms with E-state index in [0.29, 0.717) is 16.3 Å². The maximum atomic E-state index is 12.5. The van der Waals surface area contributed by atoms with Gasteiger partial charge in [0.15, 0.2) is 12.6 Å². The third kappa shape index (κ3) is 6.16. The Morgan fingerprint density at radius 3 is 2.62 bits per heavy atom. The fourth-order valence-electron chi connectivity index (χ4n) is 2.50. The fraction of sp³-hybridized carbons (Fsp3) is 0.263. The van der Waals surface area contributed by atoms with Gasteiger partial charge in [-0.2, -0.15) is 0 Å². The molecule has 2 rings (SSSR count). The molecule has 2 aromatic rings. The minimum atomic E-state index is -0.610. The largest absolute Gasteiger partial charge is 0.497 e. The van der Waals surface area contributed by atoms with Crippen LogP contribution < -0.4 is 20.3 Å². The number of hydrogen-bond donors (Lipinski definition) is 3. The van der Waals surface area contributed by atoms with Gasteiger partial charge < -0.3 is 20.3 Å². The van der Waals surface area contributed by atoms with Crippen LogP contribution in [0, 0.1) is 10.1 Å². The van der Waals surface area contributed by atoms with E-state index < -0.39 is 16.9 Å². The van der Waals surface area contributed by atoms with Gasteiger partial charge in [-0.25, -0.2) is 0 Å². The van der Waals surface area contributed by atoms with E-state index in [0.717, 1.165) is 0 Å². The van der Waals surface area contributed by atoms with Crippen LogP contribution in [-0.2, 0) is 9.59 Å². The van der Waals surface area contributed by atoms with Gasteiger partial charge >= 0.3 is 0 Å². The molecule has 2 amide bonds. The molecule has 0 aliphatic carbocycles. The number of likely N-dealkylation sites (N-methyl/N-ethyl adjacent to an activating group) is 1. The van der Waals surface area contributed by atoms with E-state index in [1.165, 1.54) is 25.3 Å². The minimum Gasteiger partial charge on any atom is -0.497 e. The summed E-state index contributed by atoms with van der Waals surface area (Å²) < 4.78 is 5.11. The zero-order valence-electron chi connectivity index (χ0n) is 16.2. The predicted octanol–water partition coefficient (Wildman–Crippen LogP) is 1.74. The van der Waals surface area contributed by atoms with Gasteiger partial charge in [0.1, 0.15) is 5.75 Å². The summed E-state index contributed by atoms with van der Waals surface area (Å²) in [5, 5.41) is 16.4. The molecule has 0 aliphatic heterocycles. The molecule has 0 bridgehead atoms. The van der Waals surface area contributed by atoms with Crippen molar-refractivity contribution < 1.29 is 24.1 Å². The molecule has 0 saturated heterocycles. The number of ether oxygens (including phenoxy) is 1. The third-order valence-electron chi connectivity index (χ3n) is 4.34. The van der Waals surface area contributed by atoms with Gasteiger partial charge in [0.05, 0.1) is 29.8 Å². The second kappa shape index (κ2) is 9.85. The summed E-state index contributed by atoms with van der Waals surface area (Å²) in [6.07, 6.45) is 0. The zero-order valence-corrected chi connectivity index (χ0v) is 16.9. The van der Waals surface area contributed by atoms with E-state index in [1.807, 2.05) is 0 Å². The lowest BCUT2D eigenvalue weighted by Crippen LogP contribution is -3.14. The molecule has 10 heteroatoms. The quantitative estimate of drug-likeness (QED) is 0.443. The topological polar surface area (TPSA) is 115 Å². The fourth-order valence-corrected chi connectivity index (χ4v) is 2.66. The highest BCUT2D eigenvalue weighted by Gasteiger charge is 2.25. The number of anilines is 2. The van der Waals surface area contributed by atoms with Crippen molar-refractivity contribution in [3.63, 3.8) is 0 Å². The second-order valence-corrected chi connectivity index (χ2v) is 6.84. The first-order valence-corrected chi connectivity index (χ1v) is 9.10. The Morgan fingerprint density at radius 1 is 1.24 bits per heavy atom. The molecule has 0 aliphatic rings. The van der Waals surface area contributed by atoms with Gasteiger partial charge in [-0.1, -0.05) is 17.7 Å². The molecule has 154 valence electrons. The Hall–Kier alpha value is -3.17. The van der Waals surface area contributed by atoms with Crippen molar-refractivity contribution in [3.05, 3.63) is 57.6 Å². The maximum absolute atomic E-state index is 12.5. The third-order valence-corrected chi connectivity index (χ3v) is 4.67. The number of amides is 2. The number of methoxy groups -OCH3 is 1. The second-order valence-electron chi connectivity index (χ2n) is 6.44. The van der Waals surface area contributed by atoms with Crippen LogP contribution >= 0.6 is 11.6 Å². The number of rotatable bonds is 8. The summed E-state index contributed by atoms with van der Waals surface area (Å²) >= 11 is 6.01. The minimum absolute atomic E-state index is 0.0362. The summed E-state index contributed by atoms with van der Waals surface area (Å²) in [6, 6.07) is 10.1. The van der Waals surface area contributed by atoms with Crippen molar-refractivity contribution in [3.8, 4) is 5.75 Å². The first-order valence-electron chi connectivity index (χ1n) is 8.72. The Morgan fingerprint density at radius 2 is 1.97 bits per heavy atom. The molecule has 0 spiro atoms. The summed E-state index contributed by atoms with van der Waals surface area (Å²) in [4.78, 5) is 35.7. The van der Waals surface area contributed by atoms with Crippen molar-refractivity contribution >= 4 is 40.5 Å². The van der Waals surface area contributed by atoms with Crippen molar-refractivity contribution in [2.75, 3.05) is 31.3 Å². The average Bonchev–Trinajstić information content (AvgIpc) is 2.68. The van der Waals surface area contributed by atoms with E-state index in [1.54, 1.807) is 38.2 Å². The smallest absolute Gasteiger partial charge is 0.282 e. The Bertz CT molecular complexity index is 921. The molecule has 3 N–H and O–H groups in total. The molecule has 29 heavy (non-hydrogen) atoms. The molecule has 0 fully saturated rings. The maximum Gasteiger partial charge on any atom is 0.282 e. The summed E-state index contributed by atoms with van der Waals surface area (Å²) in [5.74, 6) is -0.0760. The van der Waals surface area contributed by atoms with Crippen LogP contribution in [0.4, 0.5) is 17.1 Å². The van der Waals surface area contributed by atoms with Crippen LogP contribution in [-0.4, -0.2) is 43.5 Å². The van der Waals surface area contributed by atoms with Crippen LogP contribution in [0.25, 0.3) is 0 Å². The molecule has 0 saturated carbocycles. The van der Waals surface area contributed by atoms with Crippen molar-refractivity contribution in [2.45, 2.75) is 13.0 Å². The lowest BCUT2D eigenvalue weighted by Gasteiger charge is -2.21. The van der Waals surface area contributed by atoms with Gasteiger partial charge in [-0.15, -0.1) is 0 Å². The Balaban J connectivity index is 1.97. The Labute approximate surface area is 172 Å². The number of carbonyl (C=O) groups is 2. The SMILES string of the molecule is COc1cccc(NC(=O)C[NH+](C)[C@H](C)C(=O)Nc2cc([N+](=O)[O-])ccc2Cl)c1. The van der Waals surface area contributed by atoms with Crippen LogP contribution in [0.15, 0.2) is 42.5 Å². The lowest BCUT2D eigenvalue weighted by molar-refractivity contribution is -0.885. The number of benzene rings is 2. The molecule has 0 aromatic heterocycles. The number of non-ortho nitro benzene ring substituents is 1. The first kappa shape index (κ1) is 22.1. The van der Waals surface area contributed by atoms with Crippen LogP contribution in [0.1, 0.15) is 6.92 Å². The van der Waals surface area contributed by atoms with Crippen molar-refractivity contribution in [1.82, 2.24) is 0 Å². The first-order chi connectivity index (χ1) is 13.7. The van der Waals surface area contributed by atoms with Crippen LogP contribution in [0.2, 0.25) is 5.02 Å². The molecule has 2 aromatic carbocycles. The van der Waals surface area contributed by atoms with E-state index >= 15 is 0 Å². The highest BCUT2D eigenvalue weighted by molar-refractivity contribution is 6.33. The van der Waals surface area contributed by atoms with Gasteiger partial charge in [0.2, 0.25) is 0 Å². The normalized spacial score (nSPS) is 12.6. The number of quaternary nitrogens is 1. The van der Waals surface area contributed by atoms with E-state index in [-0.39, 0.29) is 28.8 Å². The van der Waals surface area contributed by atoms with Gasteiger partial charge in [0, 0.05) is 23.9 Å². The molecule has 9 nitrogen and oxygen atoms in total. The zero-order chi connectivity index (χ0) is 21.6. The number of nitrogens with one attached hydrogen (secondary N) is 3. The molecular formula is C19H22ClN4O5+.